The standard InChI is InChI=1S/C20H30N4O3S/c1-23(2)9-10-24(20(28)21-8-5-11-26-3)14-16-12-15-6-7-17(27-4)13-18(15)22-19(16)25/h6-7,12-13H,5,8-11,14H2,1-4H3,(H,21,28)(H,22,25)/p+1. The summed E-state index contributed by atoms with van der Waals surface area (Å²) in [6.07, 6.45) is 0.877. The highest BCUT2D eigenvalue weighted by Gasteiger charge is 2.14. The Kier molecular flexibility index (Phi) is 8.69. The van der Waals surface area contributed by atoms with E-state index in [2.05, 4.69) is 29.3 Å². The van der Waals surface area contributed by atoms with E-state index in [1.54, 1.807) is 14.2 Å². The molecule has 1 aromatic carbocycles. The summed E-state index contributed by atoms with van der Waals surface area (Å²) in [5.74, 6) is 0.716. The maximum atomic E-state index is 12.6. The molecule has 0 aliphatic rings. The summed E-state index contributed by atoms with van der Waals surface area (Å²) in [7, 11) is 7.50. The van der Waals surface area contributed by atoms with Gasteiger partial charge in [-0.3, -0.25) is 4.79 Å². The number of H-pyrrole nitrogens is 1. The highest BCUT2D eigenvalue weighted by atomic mass is 32.1. The van der Waals surface area contributed by atoms with Gasteiger partial charge in [-0.25, -0.2) is 0 Å². The molecule has 2 rings (SSSR count). The molecular formula is C20H31N4O3S+. The summed E-state index contributed by atoms with van der Waals surface area (Å²) in [4.78, 5) is 19.0. The van der Waals surface area contributed by atoms with E-state index in [4.69, 9.17) is 21.7 Å². The molecule has 3 N–H and O–H groups in total. The lowest BCUT2D eigenvalue weighted by Gasteiger charge is -2.26. The Balaban J connectivity index is 2.18. The highest BCUT2D eigenvalue weighted by molar-refractivity contribution is 7.80. The lowest BCUT2D eigenvalue weighted by atomic mass is 10.1. The molecule has 7 nitrogen and oxygen atoms in total. The molecule has 8 heteroatoms. The summed E-state index contributed by atoms with van der Waals surface area (Å²) >= 11 is 5.58. The van der Waals surface area contributed by atoms with E-state index in [0.29, 0.717) is 29.6 Å². The summed E-state index contributed by atoms with van der Waals surface area (Å²) in [6, 6.07) is 7.59. The van der Waals surface area contributed by atoms with Crippen LogP contribution in [0.2, 0.25) is 0 Å². The van der Waals surface area contributed by atoms with Crippen LogP contribution in [0.4, 0.5) is 0 Å². The smallest absolute Gasteiger partial charge is 0.253 e. The molecule has 0 aliphatic carbocycles. The van der Waals surface area contributed by atoms with Crippen LogP contribution in [-0.2, 0) is 11.3 Å². The van der Waals surface area contributed by atoms with Crippen LogP contribution in [0.5, 0.6) is 5.75 Å². The van der Waals surface area contributed by atoms with Gasteiger partial charge < -0.3 is 29.6 Å². The number of hydrogen-bond donors (Lipinski definition) is 3. The SMILES string of the molecule is COCCCNC(=S)N(CC[NH+](C)C)Cc1cc2ccc(OC)cc2[nH]c1=O. The predicted octanol–water partition coefficient (Wildman–Crippen LogP) is 0.394. The van der Waals surface area contributed by atoms with Gasteiger partial charge in [0.2, 0.25) is 0 Å². The molecule has 28 heavy (non-hydrogen) atoms. The molecule has 154 valence electrons. The van der Waals surface area contributed by atoms with Gasteiger partial charge >= 0.3 is 0 Å². The van der Waals surface area contributed by atoms with Crippen LogP contribution in [0.25, 0.3) is 10.9 Å². The number of nitrogens with zero attached hydrogens (tertiary/aromatic N) is 1. The van der Waals surface area contributed by atoms with E-state index in [0.717, 1.165) is 37.0 Å². The second-order valence-electron chi connectivity index (χ2n) is 7.03. The number of thiocarbonyl (C=S) groups is 1. The summed E-state index contributed by atoms with van der Waals surface area (Å²) in [5.41, 5.74) is 1.34. The number of pyridine rings is 1. The molecule has 0 aliphatic heterocycles. The van der Waals surface area contributed by atoms with Crippen molar-refractivity contribution in [2.24, 2.45) is 0 Å². The number of aromatic nitrogens is 1. The van der Waals surface area contributed by atoms with Crippen molar-refractivity contribution < 1.29 is 14.4 Å². The number of nitrogens with one attached hydrogen (secondary N) is 3. The van der Waals surface area contributed by atoms with Crippen LogP contribution < -0.4 is 20.5 Å². The Labute approximate surface area is 171 Å². The molecule has 1 heterocycles. The van der Waals surface area contributed by atoms with E-state index < -0.39 is 0 Å². The molecule has 0 bridgehead atoms. The lowest BCUT2D eigenvalue weighted by molar-refractivity contribution is -0.857. The lowest BCUT2D eigenvalue weighted by Crippen LogP contribution is -3.06. The van der Waals surface area contributed by atoms with Crippen molar-refractivity contribution in [1.82, 2.24) is 15.2 Å². The minimum Gasteiger partial charge on any atom is -0.497 e. The minimum atomic E-state index is -0.106. The first-order valence-corrected chi connectivity index (χ1v) is 9.86. The Hall–Kier alpha value is -2.16. The molecule has 0 saturated carbocycles. The fraction of sp³-hybridized carbons (Fsp3) is 0.500. The summed E-state index contributed by atoms with van der Waals surface area (Å²) in [6.45, 7) is 3.57. The van der Waals surface area contributed by atoms with Crippen molar-refractivity contribution in [2.75, 3.05) is 54.6 Å². The minimum absolute atomic E-state index is 0.106. The fourth-order valence-corrected chi connectivity index (χ4v) is 3.07. The molecule has 1 aromatic heterocycles. The normalized spacial score (nSPS) is 11.0. The number of hydrogen-bond acceptors (Lipinski definition) is 4. The fourth-order valence-electron chi connectivity index (χ4n) is 2.81. The molecular weight excluding hydrogens is 376 g/mol. The van der Waals surface area contributed by atoms with Gasteiger partial charge in [0.15, 0.2) is 5.11 Å². The number of aromatic amines is 1. The van der Waals surface area contributed by atoms with Crippen LogP contribution >= 0.6 is 12.2 Å². The maximum Gasteiger partial charge on any atom is 0.253 e. The van der Waals surface area contributed by atoms with E-state index in [1.165, 1.54) is 4.90 Å². The third kappa shape index (κ3) is 6.47. The average Bonchev–Trinajstić information content (AvgIpc) is 2.67. The van der Waals surface area contributed by atoms with E-state index in [-0.39, 0.29) is 5.56 Å². The number of ether oxygens (including phenoxy) is 2. The third-order valence-electron chi connectivity index (χ3n) is 4.46. The second kappa shape index (κ2) is 11.0. The molecule has 0 atom stereocenters. The van der Waals surface area contributed by atoms with Gasteiger partial charge in [0.1, 0.15) is 5.75 Å². The van der Waals surface area contributed by atoms with Crippen LogP contribution in [0.1, 0.15) is 12.0 Å². The van der Waals surface area contributed by atoms with E-state index in [1.807, 2.05) is 24.3 Å². The first-order valence-electron chi connectivity index (χ1n) is 9.45. The number of likely N-dealkylation sites (N-methyl/N-ethyl adjacent to an activating group) is 1. The quantitative estimate of drug-likeness (QED) is 0.391. The van der Waals surface area contributed by atoms with Crippen LogP contribution in [0.3, 0.4) is 0 Å². The molecule has 0 radical (unpaired) electrons. The number of methoxy groups -OCH3 is 2. The number of benzene rings is 1. The second-order valence-corrected chi connectivity index (χ2v) is 7.42. The number of rotatable bonds is 10. The Morgan fingerprint density at radius 2 is 2.07 bits per heavy atom. The van der Waals surface area contributed by atoms with Crippen molar-refractivity contribution in [2.45, 2.75) is 13.0 Å². The van der Waals surface area contributed by atoms with Gasteiger partial charge in [-0.2, -0.15) is 0 Å². The van der Waals surface area contributed by atoms with Crippen molar-refractivity contribution in [3.05, 3.63) is 40.2 Å². The molecule has 0 unspecified atom stereocenters. The molecule has 0 amide bonds. The van der Waals surface area contributed by atoms with Gasteiger partial charge in [0.25, 0.3) is 5.56 Å². The average molecular weight is 408 g/mol. The zero-order chi connectivity index (χ0) is 20.5. The largest absolute Gasteiger partial charge is 0.497 e. The van der Waals surface area contributed by atoms with Crippen molar-refractivity contribution >= 4 is 28.2 Å². The zero-order valence-electron chi connectivity index (χ0n) is 17.1. The van der Waals surface area contributed by atoms with Crippen LogP contribution in [0.15, 0.2) is 29.1 Å². The Morgan fingerprint density at radius 3 is 2.75 bits per heavy atom. The van der Waals surface area contributed by atoms with Crippen LogP contribution in [0, 0.1) is 0 Å². The zero-order valence-corrected chi connectivity index (χ0v) is 17.9. The predicted molar refractivity (Wildman–Crippen MR) is 116 cm³/mol. The van der Waals surface area contributed by atoms with Gasteiger partial charge in [0, 0.05) is 31.9 Å². The van der Waals surface area contributed by atoms with Gasteiger partial charge in [0.05, 0.1) is 46.4 Å². The van der Waals surface area contributed by atoms with Crippen LogP contribution in [-0.4, -0.2) is 69.6 Å². The summed E-state index contributed by atoms with van der Waals surface area (Å²) in [5, 5.41) is 4.90. The monoisotopic (exact) mass is 407 g/mol. The topological polar surface area (TPSA) is 71.0 Å². The van der Waals surface area contributed by atoms with Gasteiger partial charge in [-0.05, 0) is 42.2 Å². The Bertz CT molecular complexity index is 838. The van der Waals surface area contributed by atoms with Gasteiger partial charge in [-0.15, -0.1) is 0 Å². The Morgan fingerprint density at radius 1 is 1.29 bits per heavy atom. The molecule has 0 fully saturated rings. The van der Waals surface area contributed by atoms with Gasteiger partial charge in [-0.1, -0.05) is 0 Å². The maximum absolute atomic E-state index is 12.6. The van der Waals surface area contributed by atoms with Crippen molar-refractivity contribution in [3.8, 4) is 5.75 Å². The summed E-state index contributed by atoms with van der Waals surface area (Å²) < 4.78 is 10.3. The molecule has 2 aromatic rings. The first kappa shape index (κ1) is 22.1. The first-order chi connectivity index (χ1) is 13.4. The van der Waals surface area contributed by atoms with E-state index in [9.17, 15) is 4.79 Å². The van der Waals surface area contributed by atoms with Crippen molar-refractivity contribution in [1.29, 1.82) is 0 Å². The number of fused-ring (bicyclic) bond motifs is 1. The van der Waals surface area contributed by atoms with E-state index >= 15 is 0 Å². The molecule has 0 spiro atoms. The molecule has 0 saturated heterocycles. The number of quaternary nitrogens is 1. The third-order valence-corrected chi connectivity index (χ3v) is 4.86. The highest BCUT2D eigenvalue weighted by Crippen LogP contribution is 2.18. The van der Waals surface area contributed by atoms with Crippen molar-refractivity contribution in [3.63, 3.8) is 0 Å².